The molecule has 1 amide bonds. The fourth-order valence-electron chi connectivity index (χ4n) is 2.09. The van der Waals surface area contributed by atoms with Gasteiger partial charge >= 0.3 is 0 Å². The number of H-pyrrole nitrogens is 1. The van der Waals surface area contributed by atoms with Crippen LogP contribution >= 0.6 is 23.2 Å². The first-order valence-electron chi connectivity index (χ1n) is 6.44. The van der Waals surface area contributed by atoms with Crippen LogP contribution < -0.4 is 5.32 Å². The van der Waals surface area contributed by atoms with Gasteiger partial charge in [0, 0.05) is 17.2 Å². The maximum atomic E-state index is 11.9. The van der Waals surface area contributed by atoms with E-state index in [1.165, 1.54) is 0 Å². The number of hydrogen-bond acceptors (Lipinski definition) is 4. The van der Waals surface area contributed by atoms with Crippen molar-refractivity contribution in [2.75, 3.05) is 11.9 Å². The molecule has 0 bridgehead atoms. The minimum atomic E-state index is -0.425. The van der Waals surface area contributed by atoms with Gasteiger partial charge in [-0.15, -0.1) is 5.10 Å². The van der Waals surface area contributed by atoms with Crippen LogP contribution in [0.1, 0.15) is 12.8 Å². The third-order valence-electron chi connectivity index (χ3n) is 3.13. The molecule has 110 valence electrons. The Kier molecular flexibility index (Phi) is 4.10. The summed E-state index contributed by atoms with van der Waals surface area (Å²) in [6.07, 6.45) is 1.18. The molecule has 0 aliphatic carbocycles. The second-order valence-corrected chi connectivity index (χ2v) is 5.47. The summed E-state index contributed by atoms with van der Waals surface area (Å²) in [6, 6.07) is 5.05. The molecule has 0 saturated carbocycles. The van der Waals surface area contributed by atoms with Crippen LogP contribution in [0.5, 0.6) is 0 Å². The predicted octanol–water partition coefficient (Wildman–Crippen LogP) is 2.90. The number of aromatic nitrogens is 3. The van der Waals surface area contributed by atoms with Gasteiger partial charge in [0.05, 0.1) is 5.02 Å². The molecule has 1 aromatic heterocycles. The molecule has 1 aliphatic heterocycles. The molecule has 2 aromatic rings. The first-order chi connectivity index (χ1) is 10.1. The van der Waals surface area contributed by atoms with Gasteiger partial charge in [0.1, 0.15) is 6.10 Å². The summed E-state index contributed by atoms with van der Waals surface area (Å²) in [5.41, 5.74) is 0.659. The lowest BCUT2D eigenvalue weighted by Crippen LogP contribution is -2.27. The van der Waals surface area contributed by atoms with Crippen LogP contribution in [0.4, 0.5) is 5.95 Å². The van der Waals surface area contributed by atoms with E-state index in [9.17, 15) is 4.79 Å². The monoisotopic (exact) mass is 326 g/mol. The van der Waals surface area contributed by atoms with Gasteiger partial charge in [-0.25, -0.2) is 0 Å². The van der Waals surface area contributed by atoms with Gasteiger partial charge in [-0.1, -0.05) is 23.2 Å². The molecule has 0 radical (unpaired) electrons. The molecule has 1 aliphatic rings. The van der Waals surface area contributed by atoms with E-state index in [1.54, 1.807) is 18.2 Å². The molecular formula is C13H12Cl2N4O2. The van der Waals surface area contributed by atoms with Crippen molar-refractivity contribution >= 4 is 35.1 Å². The van der Waals surface area contributed by atoms with Crippen molar-refractivity contribution in [2.24, 2.45) is 0 Å². The van der Waals surface area contributed by atoms with Crippen LogP contribution in [0.3, 0.4) is 0 Å². The molecule has 1 aromatic carbocycles. The average Bonchev–Trinajstić information content (AvgIpc) is 3.09. The fourth-order valence-corrected chi connectivity index (χ4v) is 2.59. The highest BCUT2D eigenvalue weighted by atomic mass is 35.5. The Morgan fingerprint density at radius 2 is 2.29 bits per heavy atom. The van der Waals surface area contributed by atoms with Gasteiger partial charge in [0.2, 0.25) is 5.95 Å². The van der Waals surface area contributed by atoms with Crippen molar-refractivity contribution < 1.29 is 9.53 Å². The molecule has 6 nitrogen and oxygen atoms in total. The number of anilines is 1. The van der Waals surface area contributed by atoms with Gasteiger partial charge in [0.15, 0.2) is 5.82 Å². The van der Waals surface area contributed by atoms with Crippen molar-refractivity contribution in [3.8, 4) is 11.4 Å². The largest absolute Gasteiger partial charge is 0.368 e. The predicted molar refractivity (Wildman–Crippen MR) is 79.4 cm³/mol. The Morgan fingerprint density at radius 3 is 3.00 bits per heavy atom. The van der Waals surface area contributed by atoms with Crippen molar-refractivity contribution in [1.29, 1.82) is 0 Å². The molecule has 1 atom stereocenters. The number of carbonyl (C=O) groups excluding carboxylic acids is 1. The van der Waals surface area contributed by atoms with Crippen molar-refractivity contribution in [2.45, 2.75) is 18.9 Å². The molecule has 1 fully saturated rings. The topological polar surface area (TPSA) is 79.9 Å². The highest BCUT2D eigenvalue weighted by Gasteiger charge is 2.24. The SMILES string of the molecule is O=C(Nc1n[nH]c(-c2ccc(Cl)cc2Cl)n1)[C@@H]1CCCO1. The first-order valence-corrected chi connectivity index (χ1v) is 7.19. The van der Waals surface area contributed by atoms with Crippen LogP contribution in [0, 0.1) is 0 Å². The highest BCUT2D eigenvalue weighted by molar-refractivity contribution is 6.36. The van der Waals surface area contributed by atoms with E-state index in [0.717, 1.165) is 6.42 Å². The zero-order valence-corrected chi connectivity index (χ0v) is 12.4. The quantitative estimate of drug-likeness (QED) is 0.908. The summed E-state index contributed by atoms with van der Waals surface area (Å²) in [5, 5.41) is 10.3. The zero-order valence-electron chi connectivity index (χ0n) is 10.9. The molecule has 21 heavy (non-hydrogen) atoms. The summed E-state index contributed by atoms with van der Waals surface area (Å²) in [5.74, 6) is 0.413. The summed E-state index contributed by atoms with van der Waals surface area (Å²) < 4.78 is 5.30. The minimum absolute atomic E-state index is 0.191. The van der Waals surface area contributed by atoms with Crippen LogP contribution in [0.2, 0.25) is 10.0 Å². The van der Waals surface area contributed by atoms with E-state index in [-0.39, 0.29) is 11.9 Å². The molecule has 0 spiro atoms. The van der Waals surface area contributed by atoms with Crippen LogP contribution in [-0.4, -0.2) is 33.8 Å². The number of carbonyl (C=O) groups is 1. The minimum Gasteiger partial charge on any atom is -0.368 e. The second kappa shape index (κ2) is 6.01. The number of halogens is 2. The van der Waals surface area contributed by atoms with E-state index in [2.05, 4.69) is 20.5 Å². The van der Waals surface area contributed by atoms with Gasteiger partial charge in [-0.2, -0.15) is 4.98 Å². The maximum Gasteiger partial charge on any atom is 0.255 e. The Labute approximate surface area is 130 Å². The fraction of sp³-hybridized carbons (Fsp3) is 0.308. The van der Waals surface area contributed by atoms with Gasteiger partial charge in [-0.05, 0) is 31.0 Å². The standard InChI is InChI=1S/C13H12Cl2N4O2/c14-7-3-4-8(9(15)6-7)11-16-13(19-18-11)17-12(20)10-2-1-5-21-10/h3-4,6,10H,1-2,5H2,(H2,16,17,18,19,20)/t10-/m0/s1. The van der Waals surface area contributed by atoms with Crippen molar-refractivity contribution in [1.82, 2.24) is 15.2 Å². The first kappa shape index (κ1) is 14.3. The molecule has 0 unspecified atom stereocenters. The molecule has 8 heteroatoms. The number of amides is 1. The molecular weight excluding hydrogens is 315 g/mol. The maximum absolute atomic E-state index is 11.9. The van der Waals surface area contributed by atoms with Crippen LogP contribution in [0.15, 0.2) is 18.2 Å². The van der Waals surface area contributed by atoms with Gasteiger partial charge < -0.3 is 4.74 Å². The third-order valence-corrected chi connectivity index (χ3v) is 3.68. The number of benzene rings is 1. The summed E-state index contributed by atoms with van der Waals surface area (Å²) in [4.78, 5) is 16.1. The zero-order chi connectivity index (χ0) is 14.8. The van der Waals surface area contributed by atoms with Gasteiger partial charge in [0.25, 0.3) is 5.91 Å². The lowest BCUT2D eigenvalue weighted by Gasteiger charge is -2.06. The Bertz CT molecular complexity index is 668. The Morgan fingerprint density at radius 1 is 1.43 bits per heavy atom. The Balaban J connectivity index is 1.75. The number of aromatic amines is 1. The second-order valence-electron chi connectivity index (χ2n) is 4.62. The summed E-state index contributed by atoms with van der Waals surface area (Å²) in [6.45, 7) is 0.609. The lowest BCUT2D eigenvalue weighted by molar-refractivity contribution is -0.124. The molecule has 1 saturated heterocycles. The average molecular weight is 327 g/mol. The third kappa shape index (κ3) is 3.18. The van der Waals surface area contributed by atoms with Gasteiger partial charge in [-0.3, -0.25) is 15.2 Å². The number of rotatable bonds is 3. The summed E-state index contributed by atoms with van der Waals surface area (Å²) in [7, 11) is 0. The van der Waals surface area contributed by atoms with E-state index in [1.807, 2.05) is 0 Å². The smallest absolute Gasteiger partial charge is 0.255 e. The summed E-state index contributed by atoms with van der Waals surface area (Å²) >= 11 is 12.0. The van der Waals surface area contributed by atoms with E-state index in [0.29, 0.717) is 34.5 Å². The number of nitrogens with zero attached hydrogens (tertiary/aromatic N) is 2. The van der Waals surface area contributed by atoms with Crippen LogP contribution in [-0.2, 0) is 9.53 Å². The van der Waals surface area contributed by atoms with Crippen molar-refractivity contribution in [3.05, 3.63) is 28.2 Å². The van der Waals surface area contributed by atoms with Crippen molar-refractivity contribution in [3.63, 3.8) is 0 Å². The molecule has 2 heterocycles. The van der Waals surface area contributed by atoms with E-state index in [4.69, 9.17) is 27.9 Å². The Hall–Kier alpha value is -1.63. The molecule has 3 rings (SSSR count). The van der Waals surface area contributed by atoms with Crippen LogP contribution in [0.25, 0.3) is 11.4 Å². The van der Waals surface area contributed by atoms with E-state index < -0.39 is 6.10 Å². The number of nitrogens with one attached hydrogen (secondary N) is 2. The van der Waals surface area contributed by atoms with E-state index >= 15 is 0 Å². The highest BCUT2D eigenvalue weighted by Crippen LogP contribution is 2.28. The lowest BCUT2D eigenvalue weighted by atomic mass is 10.2. The normalized spacial score (nSPS) is 17.9. The molecule has 2 N–H and O–H groups in total. The number of hydrogen-bond donors (Lipinski definition) is 2. The number of ether oxygens (including phenoxy) is 1.